The van der Waals surface area contributed by atoms with Crippen LogP contribution in [0.2, 0.25) is 0 Å². The van der Waals surface area contributed by atoms with Gasteiger partial charge in [-0.1, -0.05) is 30.3 Å². The lowest BCUT2D eigenvalue weighted by Crippen LogP contribution is -2.42. The van der Waals surface area contributed by atoms with Crippen LogP contribution in [0.3, 0.4) is 0 Å². The summed E-state index contributed by atoms with van der Waals surface area (Å²) in [6.45, 7) is 0.404. The van der Waals surface area contributed by atoms with E-state index in [1.807, 2.05) is 24.3 Å². The molecule has 28 heavy (non-hydrogen) atoms. The number of benzene rings is 2. The van der Waals surface area contributed by atoms with E-state index in [0.717, 1.165) is 16.8 Å². The highest BCUT2D eigenvalue weighted by molar-refractivity contribution is 6.08. The Balaban J connectivity index is 1.69. The van der Waals surface area contributed by atoms with E-state index in [2.05, 4.69) is 15.5 Å². The number of fused-ring (bicyclic) bond motifs is 2. The van der Waals surface area contributed by atoms with Crippen molar-refractivity contribution in [1.29, 1.82) is 0 Å². The molecule has 1 aromatic heterocycles. The van der Waals surface area contributed by atoms with E-state index in [0.29, 0.717) is 18.7 Å². The first-order valence-corrected chi connectivity index (χ1v) is 9.08. The molecule has 140 valence electrons. The van der Waals surface area contributed by atoms with Crippen molar-refractivity contribution in [3.05, 3.63) is 83.4 Å². The minimum Gasteiger partial charge on any atom is -0.329 e. The molecular weight excluding hydrogens is 359 g/mol. The normalized spacial score (nSPS) is 23.1. The van der Waals surface area contributed by atoms with Crippen LogP contribution in [0.15, 0.2) is 60.8 Å². The van der Waals surface area contributed by atoms with E-state index in [4.69, 9.17) is 0 Å². The first kappa shape index (κ1) is 16.7. The fraction of sp³-hybridized carbons (Fsp3) is 0.190. The predicted molar refractivity (Wildman–Crippen MR) is 100 cm³/mol. The van der Waals surface area contributed by atoms with Crippen LogP contribution in [0, 0.1) is 5.82 Å². The van der Waals surface area contributed by atoms with Gasteiger partial charge < -0.3 is 10.2 Å². The highest BCUT2D eigenvalue weighted by atomic mass is 19.1. The smallest absolute Gasteiger partial charge is 0.272 e. The van der Waals surface area contributed by atoms with Crippen molar-refractivity contribution in [2.75, 3.05) is 11.9 Å². The second-order valence-electron chi connectivity index (χ2n) is 7.14. The molecule has 2 aliphatic heterocycles. The molecule has 3 aromatic rings. The van der Waals surface area contributed by atoms with Gasteiger partial charge in [0.05, 0.1) is 6.04 Å². The Kier molecular flexibility index (Phi) is 3.58. The number of amides is 2. The van der Waals surface area contributed by atoms with Gasteiger partial charge in [0.15, 0.2) is 0 Å². The summed E-state index contributed by atoms with van der Waals surface area (Å²) in [5, 5.41) is 9.53. The summed E-state index contributed by atoms with van der Waals surface area (Å²) in [5.74, 6) is -0.734. The molecule has 3 heterocycles. The first-order chi connectivity index (χ1) is 13.6. The van der Waals surface area contributed by atoms with E-state index >= 15 is 0 Å². The lowest BCUT2D eigenvalue weighted by Gasteiger charge is -2.34. The van der Waals surface area contributed by atoms with Crippen LogP contribution in [0.1, 0.15) is 34.1 Å². The lowest BCUT2D eigenvalue weighted by atomic mass is 9.72. The number of hydrogen-bond donors (Lipinski definition) is 2. The van der Waals surface area contributed by atoms with Gasteiger partial charge in [0.2, 0.25) is 5.91 Å². The molecule has 0 bridgehead atoms. The molecule has 2 atom stereocenters. The number of carbonyl (C=O) groups excluding carboxylic acids is 2. The zero-order chi connectivity index (χ0) is 19.3. The average Bonchev–Trinajstić information content (AvgIpc) is 3.43. The molecule has 0 saturated carbocycles. The number of anilines is 1. The van der Waals surface area contributed by atoms with E-state index < -0.39 is 11.5 Å². The molecular formula is C21H17FN4O2. The number of hydrogen-bond acceptors (Lipinski definition) is 3. The van der Waals surface area contributed by atoms with Crippen LogP contribution in [0.25, 0.3) is 0 Å². The van der Waals surface area contributed by atoms with Gasteiger partial charge in [-0.2, -0.15) is 5.10 Å². The van der Waals surface area contributed by atoms with Gasteiger partial charge in [-0.25, -0.2) is 4.39 Å². The number of nitrogens with one attached hydrogen (secondary N) is 2. The maximum atomic E-state index is 13.6. The predicted octanol–water partition coefficient (Wildman–Crippen LogP) is 3.03. The van der Waals surface area contributed by atoms with Crippen molar-refractivity contribution in [1.82, 2.24) is 15.1 Å². The van der Waals surface area contributed by atoms with Gasteiger partial charge in [-0.15, -0.1) is 0 Å². The molecule has 0 unspecified atom stereocenters. The zero-order valence-electron chi connectivity index (χ0n) is 14.9. The molecule has 1 saturated heterocycles. The van der Waals surface area contributed by atoms with E-state index in [1.54, 1.807) is 23.1 Å². The zero-order valence-corrected chi connectivity index (χ0v) is 14.9. The molecule has 0 aliphatic carbocycles. The third kappa shape index (κ3) is 2.22. The van der Waals surface area contributed by atoms with Crippen molar-refractivity contribution in [3.63, 3.8) is 0 Å². The highest BCUT2D eigenvalue weighted by Gasteiger charge is 2.59. The van der Waals surface area contributed by atoms with Crippen LogP contribution in [0.4, 0.5) is 10.1 Å². The standard InChI is InChI=1S/C21H17FN4O2/c22-14-7-5-13(6-8-14)18-21(15-3-1-2-4-16(15)24-20(21)28)10-12-26(18)19(27)17-9-11-23-25-17/h1-9,11,18H,10,12H2,(H,23,25)(H,24,28)/t18-,21+/m0/s1. The minimum atomic E-state index is -0.913. The topological polar surface area (TPSA) is 78.1 Å². The van der Waals surface area contributed by atoms with Crippen LogP contribution < -0.4 is 5.32 Å². The third-order valence-electron chi connectivity index (χ3n) is 5.76. The molecule has 2 amide bonds. The monoisotopic (exact) mass is 376 g/mol. The van der Waals surface area contributed by atoms with Crippen LogP contribution in [0.5, 0.6) is 0 Å². The summed E-state index contributed by atoms with van der Waals surface area (Å²) in [6, 6.07) is 14.6. The summed E-state index contributed by atoms with van der Waals surface area (Å²) in [4.78, 5) is 28.1. The third-order valence-corrected chi connectivity index (χ3v) is 5.76. The Bertz CT molecular complexity index is 1060. The summed E-state index contributed by atoms with van der Waals surface area (Å²) < 4.78 is 13.6. The second kappa shape index (κ2) is 6.02. The largest absolute Gasteiger partial charge is 0.329 e. The highest BCUT2D eigenvalue weighted by Crippen LogP contribution is 2.54. The molecule has 1 spiro atoms. The number of likely N-dealkylation sites (tertiary alicyclic amines) is 1. The molecule has 7 heteroatoms. The summed E-state index contributed by atoms with van der Waals surface area (Å²) >= 11 is 0. The maximum absolute atomic E-state index is 13.6. The quantitative estimate of drug-likeness (QED) is 0.722. The van der Waals surface area contributed by atoms with E-state index in [9.17, 15) is 14.0 Å². The summed E-state index contributed by atoms with van der Waals surface area (Å²) in [6.07, 6.45) is 2.00. The van der Waals surface area contributed by atoms with Gasteiger partial charge in [0, 0.05) is 18.4 Å². The number of halogens is 1. The fourth-order valence-electron chi connectivity index (χ4n) is 4.54. The van der Waals surface area contributed by atoms with Gasteiger partial charge in [-0.3, -0.25) is 14.7 Å². The molecule has 5 rings (SSSR count). The van der Waals surface area contributed by atoms with Crippen molar-refractivity contribution >= 4 is 17.5 Å². The van der Waals surface area contributed by atoms with Crippen molar-refractivity contribution < 1.29 is 14.0 Å². The molecule has 1 fully saturated rings. The van der Waals surface area contributed by atoms with Crippen molar-refractivity contribution in [3.8, 4) is 0 Å². The van der Waals surface area contributed by atoms with Crippen molar-refractivity contribution in [2.45, 2.75) is 17.9 Å². The Labute approximate surface area is 160 Å². The van der Waals surface area contributed by atoms with Gasteiger partial charge >= 0.3 is 0 Å². The Hall–Kier alpha value is -3.48. The number of nitrogens with zero attached hydrogens (tertiary/aromatic N) is 2. The Morgan fingerprint density at radius 1 is 1.14 bits per heavy atom. The summed E-state index contributed by atoms with van der Waals surface area (Å²) in [5.41, 5.74) is 1.79. The van der Waals surface area contributed by atoms with E-state index in [1.165, 1.54) is 18.3 Å². The number of aromatic nitrogens is 2. The number of aromatic amines is 1. The fourth-order valence-corrected chi connectivity index (χ4v) is 4.54. The molecule has 2 aliphatic rings. The lowest BCUT2D eigenvalue weighted by molar-refractivity contribution is -0.121. The number of H-pyrrole nitrogens is 1. The number of rotatable bonds is 2. The first-order valence-electron chi connectivity index (χ1n) is 9.08. The molecule has 0 radical (unpaired) electrons. The summed E-state index contributed by atoms with van der Waals surface area (Å²) in [7, 11) is 0. The molecule has 2 N–H and O–H groups in total. The number of para-hydroxylation sites is 1. The molecule has 6 nitrogen and oxygen atoms in total. The van der Waals surface area contributed by atoms with Crippen LogP contribution in [-0.4, -0.2) is 33.5 Å². The van der Waals surface area contributed by atoms with Gasteiger partial charge in [0.1, 0.15) is 16.9 Å². The van der Waals surface area contributed by atoms with Gasteiger partial charge in [0.25, 0.3) is 5.91 Å². The molecule has 2 aromatic carbocycles. The second-order valence-corrected chi connectivity index (χ2v) is 7.14. The minimum absolute atomic E-state index is 0.136. The maximum Gasteiger partial charge on any atom is 0.272 e. The van der Waals surface area contributed by atoms with Crippen molar-refractivity contribution in [2.24, 2.45) is 0 Å². The Morgan fingerprint density at radius 2 is 1.93 bits per heavy atom. The van der Waals surface area contributed by atoms with Crippen LogP contribution >= 0.6 is 0 Å². The SMILES string of the molecule is O=C(c1ccn[nH]1)N1CC[C@]2(C(=O)Nc3ccccc32)[C@@H]1c1ccc(F)cc1. The van der Waals surface area contributed by atoms with Gasteiger partial charge in [-0.05, 0) is 41.8 Å². The number of carbonyl (C=O) groups is 2. The average molecular weight is 376 g/mol. The van der Waals surface area contributed by atoms with Crippen LogP contribution in [-0.2, 0) is 10.2 Å². The van der Waals surface area contributed by atoms with E-state index in [-0.39, 0.29) is 17.6 Å². The Morgan fingerprint density at radius 3 is 2.68 bits per heavy atom.